The number of aliphatic imine (C=N–C) groups is 1. The van der Waals surface area contributed by atoms with Gasteiger partial charge in [0.15, 0.2) is 0 Å². The summed E-state index contributed by atoms with van der Waals surface area (Å²) in [6.07, 6.45) is 1.98. The molecule has 2 aromatic carbocycles. The predicted molar refractivity (Wildman–Crippen MR) is 136 cm³/mol. The Morgan fingerprint density at radius 2 is 1.53 bits per heavy atom. The summed E-state index contributed by atoms with van der Waals surface area (Å²) < 4.78 is 7.74. The molecule has 32 heavy (non-hydrogen) atoms. The molecule has 1 aliphatic heterocycles. The lowest BCUT2D eigenvalue weighted by Gasteiger charge is -2.28. The molecule has 1 saturated heterocycles. The molecule has 0 saturated carbocycles. The van der Waals surface area contributed by atoms with Crippen LogP contribution in [0.1, 0.15) is 30.8 Å². The highest BCUT2D eigenvalue weighted by Gasteiger charge is 2.12. The van der Waals surface area contributed by atoms with Crippen LogP contribution in [0, 0.1) is 13.8 Å². The van der Waals surface area contributed by atoms with Crippen molar-refractivity contribution in [3.05, 3.63) is 71.5 Å². The fourth-order valence-electron chi connectivity index (χ4n) is 4.43. The average molecular weight is 431 g/mol. The van der Waals surface area contributed by atoms with Crippen molar-refractivity contribution in [2.24, 2.45) is 4.99 Å². The van der Waals surface area contributed by atoms with Crippen molar-refractivity contribution in [3.63, 3.8) is 0 Å². The Balaban J connectivity index is 1.51. The van der Waals surface area contributed by atoms with Gasteiger partial charge in [-0.1, -0.05) is 0 Å². The molecule has 0 atom stereocenters. The van der Waals surface area contributed by atoms with Gasteiger partial charge in [0, 0.05) is 66.4 Å². The molecular weight excluding hydrogens is 396 g/mol. The lowest BCUT2D eigenvalue weighted by atomic mass is 10.2. The predicted octanol–water partition coefficient (Wildman–Crippen LogP) is 5.53. The third-order valence-electron chi connectivity index (χ3n) is 6.29. The standard InChI is InChI=1S/C27H34N4O/c1-5-29(6-2)25-11-13-27(14-12-25)31-21(3)19-23(22(31)4)20-28-24-7-9-26(10-8-24)30-15-17-32-18-16-30/h7-14,19-20H,5-6,15-18H2,1-4H3. The number of aryl methyl sites for hydroxylation is 1. The number of hydrogen-bond acceptors (Lipinski definition) is 4. The van der Waals surface area contributed by atoms with Gasteiger partial charge in [-0.25, -0.2) is 0 Å². The Labute approximate surface area is 192 Å². The Kier molecular flexibility index (Phi) is 6.96. The van der Waals surface area contributed by atoms with E-state index in [9.17, 15) is 0 Å². The lowest BCUT2D eigenvalue weighted by molar-refractivity contribution is 0.122. The van der Waals surface area contributed by atoms with Crippen molar-refractivity contribution in [1.82, 2.24) is 4.57 Å². The van der Waals surface area contributed by atoms with E-state index in [0.717, 1.165) is 50.6 Å². The smallest absolute Gasteiger partial charge is 0.0642 e. The SMILES string of the molecule is CCN(CC)c1ccc(-n2c(C)cc(C=Nc3ccc(N4CCOCC4)cc3)c2C)cc1. The molecule has 4 rings (SSSR count). The minimum Gasteiger partial charge on any atom is -0.378 e. The van der Waals surface area contributed by atoms with Crippen molar-refractivity contribution in [2.45, 2.75) is 27.7 Å². The van der Waals surface area contributed by atoms with Crippen molar-refractivity contribution in [2.75, 3.05) is 49.2 Å². The Morgan fingerprint density at radius 1 is 0.906 bits per heavy atom. The molecule has 0 radical (unpaired) electrons. The van der Waals surface area contributed by atoms with E-state index >= 15 is 0 Å². The highest BCUT2D eigenvalue weighted by atomic mass is 16.5. The Morgan fingerprint density at radius 3 is 2.16 bits per heavy atom. The molecule has 5 heteroatoms. The van der Waals surface area contributed by atoms with E-state index < -0.39 is 0 Å². The molecule has 168 valence electrons. The first kappa shape index (κ1) is 22.2. The van der Waals surface area contributed by atoms with Gasteiger partial charge in [-0.15, -0.1) is 0 Å². The molecule has 3 aromatic rings. The van der Waals surface area contributed by atoms with Crippen LogP contribution in [0.25, 0.3) is 5.69 Å². The number of ether oxygens (including phenoxy) is 1. The van der Waals surface area contributed by atoms with E-state index in [1.165, 1.54) is 28.5 Å². The van der Waals surface area contributed by atoms with Gasteiger partial charge in [-0.2, -0.15) is 0 Å². The Bertz CT molecular complexity index is 1040. The zero-order valence-corrected chi connectivity index (χ0v) is 19.7. The van der Waals surface area contributed by atoms with Crippen molar-refractivity contribution in [1.29, 1.82) is 0 Å². The number of aromatic nitrogens is 1. The molecule has 2 heterocycles. The first-order chi connectivity index (χ1) is 15.6. The summed E-state index contributed by atoms with van der Waals surface area (Å²) >= 11 is 0. The summed E-state index contributed by atoms with van der Waals surface area (Å²) in [6.45, 7) is 14.2. The fraction of sp³-hybridized carbons (Fsp3) is 0.370. The van der Waals surface area contributed by atoms with Crippen molar-refractivity contribution < 1.29 is 4.74 Å². The van der Waals surface area contributed by atoms with Crippen LogP contribution in [0.5, 0.6) is 0 Å². The van der Waals surface area contributed by atoms with Crippen LogP contribution in [0.15, 0.2) is 59.6 Å². The second-order valence-corrected chi connectivity index (χ2v) is 8.22. The second-order valence-electron chi connectivity index (χ2n) is 8.22. The maximum atomic E-state index is 5.44. The van der Waals surface area contributed by atoms with E-state index in [0.29, 0.717) is 0 Å². The summed E-state index contributed by atoms with van der Waals surface area (Å²) in [7, 11) is 0. The third kappa shape index (κ3) is 4.73. The highest BCUT2D eigenvalue weighted by Crippen LogP contribution is 2.24. The summed E-state index contributed by atoms with van der Waals surface area (Å²) in [5, 5.41) is 0. The number of nitrogens with zero attached hydrogens (tertiary/aromatic N) is 4. The number of morpholine rings is 1. The van der Waals surface area contributed by atoms with Gasteiger partial charge in [0.25, 0.3) is 0 Å². The van der Waals surface area contributed by atoms with Gasteiger partial charge < -0.3 is 19.1 Å². The lowest BCUT2D eigenvalue weighted by Crippen LogP contribution is -2.36. The average Bonchev–Trinajstić information content (AvgIpc) is 3.13. The van der Waals surface area contributed by atoms with E-state index in [1.807, 2.05) is 6.21 Å². The van der Waals surface area contributed by atoms with E-state index in [-0.39, 0.29) is 0 Å². The number of benzene rings is 2. The normalized spacial score (nSPS) is 14.3. The molecule has 1 aromatic heterocycles. The molecule has 0 amide bonds. The summed E-state index contributed by atoms with van der Waals surface area (Å²) in [5.41, 5.74) is 8.21. The van der Waals surface area contributed by atoms with Gasteiger partial charge >= 0.3 is 0 Å². The molecule has 0 aliphatic carbocycles. The first-order valence-electron chi connectivity index (χ1n) is 11.6. The Hall–Kier alpha value is -3.05. The van der Waals surface area contributed by atoms with Crippen LogP contribution in [0.3, 0.4) is 0 Å². The van der Waals surface area contributed by atoms with Crippen molar-refractivity contribution >= 4 is 23.3 Å². The van der Waals surface area contributed by atoms with Gasteiger partial charge in [-0.05, 0) is 82.3 Å². The van der Waals surface area contributed by atoms with Gasteiger partial charge in [0.05, 0.1) is 18.9 Å². The van der Waals surface area contributed by atoms with Crippen LogP contribution in [0.2, 0.25) is 0 Å². The zero-order chi connectivity index (χ0) is 22.5. The molecular formula is C27H34N4O. The molecule has 0 bridgehead atoms. The maximum absolute atomic E-state index is 5.44. The van der Waals surface area contributed by atoms with E-state index in [4.69, 9.17) is 9.73 Å². The maximum Gasteiger partial charge on any atom is 0.0642 e. The van der Waals surface area contributed by atoms with Crippen LogP contribution < -0.4 is 9.80 Å². The molecule has 5 nitrogen and oxygen atoms in total. The molecule has 1 fully saturated rings. The largest absolute Gasteiger partial charge is 0.378 e. The zero-order valence-electron chi connectivity index (χ0n) is 19.7. The van der Waals surface area contributed by atoms with Gasteiger partial charge in [-0.3, -0.25) is 4.99 Å². The highest BCUT2D eigenvalue weighted by molar-refractivity contribution is 5.84. The quantitative estimate of drug-likeness (QED) is 0.462. The van der Waals surface area contributed by atoms with Gasteiger partial charge in [0.2, 0.25) is 0 Å². The van der Waals surface area contributed by atoms with E-state index in [1.54, 1.807) is 0 Å². The second kappa shape index (κ2) is 10.0. The van der Waals surface area contributed by atoms with E-state index in [2.05, 4.69) is 96.7 Å². The summed E-state index contributed by atoms with van der Waals surface area (Å²) in [4.78, 5) is 9.46. The van der Waals surface area contributed by atoms with Crippen LogP contribution >= 0.6 is 0 Å². The molecule has 1 aliphatic rings. The number of rotatable bonds is 7. The summed E-state index contributed by atoms with van der Waals surface area (Å²) in [5.74, 6) is 0. The topological polar surface area (TPSA) is 33.0 Å². The minimum absolute atomic E-state index is 0.799. The molecule has 0 unspecified atom stereocenters. The number of hydrogen-bond donors (Lipinski definition) is 0. The van der Waals surface area contributed by atoms with Crippen LogP contribution in [0.4, 0.5) is 17.1 Å². The van der Waals surface area contributed by atoms with Crippen molar-refractivity contribution in [3.8, 4) is 5.69 Å². The third-order valence-corrected chi connectivity index (χ3v) is 6.29. The van der Waals surface area contributed by atoms with Crippen LogP contribution in [-0.4, -0.2) is 50.2 Å². The molecule has 0 N–H and O–H groups in total. The number of anilines is 2. The monoisotopic (exact) mass is 430 g/mol. The van der Waals surface area contributed by atoms with Crippen LogP contribution in [-0.2, 0) is 4.74 Å². The minimum atomic E-state index is 0.799. The first-order valence-corrected chi connectivity index (χ1v) is 11.6. The van der Waals surface area contributed by atoms with Gasteiger partial charge in [0.1, 0.15) is 0 Å². The summed E-state index contributed by atoms with van der Waals surface area (Å²) in [6, 6.07) is 19.5. The fourth-order valence-corrected chi connectivity index (χ4v) is 4.43. The molecule has 0 spiro atoms.